The van der Waals surface area contributed by atoms with E-state index in [0.717, 1.165) is 13.1 Å². The zero-order valence-electron chi connectivity index (χ0n) is 12.1. The lowest BCUT2D eigenvalue weighted by molar-refractivity contribution is 0.228. The van der Waals surface area contributed by atoms with E-state index in [0.29, 0.717) is 6.04 Å². The van der Waals surface area contributed by atoms with E-state index in [9.17, 15) is 0 Å². The molecule has 0 spiro atoms. The second-order valence-electron chi connectivity index (χ2n) is 5.60. The molecule has 1 aliphatic heterocycles. The van der Waals surface area contributed by atoms with Gasteiger partial charge < -0.3 is 4.57 Å². The number of rotatable bonds is 2. The second kappa shape index (κ2) is 5.17. The Hall–Kier alpha value is -1.84. The van der Waals surface area contributed by atoms with Crippen LogP contribution in [0.25, 0.3) is 11.3 Å². The molecular weight excluding hydrogens is 276 g/mol. The van der Waals surface area contributed by atoms with Crippen LogP contribution in [0.3, 0.4) is 0 Å². The Balaban J connectivity index is 1.83. The van der Waals surface area contributed by atoms with E-state index in [1.165, 1.54) is 22.5 Å². The number of nitrogens with zero attached hydrogens (tertiary/aromatic N) is 2. The van der Waals surface area contributed by atoms with Crippen molar-refractivity contribution >= 4 is 11.3 Å². The van der Waals surface area contributed by atoms with Crippen LogP contribution in [-0.2, 0) is 6.54 Å². The van der Waals surface area contributed by atoms with Crippen molar-refractivity contribution in [3.63, 3.8) is 0 Å². The Morgan fingerprint density at radius 2 is 1.86 bits per heavy atom. The summed E-state index contributed by atoms with van der Waals surface area (Å²) in [4.78, 5) is 2.45. The Morgan fingerprint density at radius 1 is 1.00 bits per heavy atom. The van der Waals surface area contributed by atoms with Gasteiger partial charge in [0.2, 0.25) is 0 Å². The van der Waals surface area contributed by atoms with Crippen LogP contribution in [0.15, 0.2) is 59.3 Å². The van der Waals surface area contributed by atoms with Crippen molar-refractivity contribution in [2.45, 2.75) is 12.6 Å². The largest absolute Gasteiger partial charge is 0.341 e. The smallest absolute Gasteiger partial charge is 0.0754 e. The van der Waals surface area contributed by atoms with E-state index in [4.69, 9.17) is 0 Å². The van der Waals surface area contributed by atoms with Gasteiger partial charge in [-0.3, -0.25) is 4.90 Å². The van der Waals surface area contributed by atoms with Gasteiger partial charge in [-0.2, -0.15) is 11.3 Å². The zero-order valence-corrected chi connectivity index (χ0v) is 12.9. The number of hydrogen-bond donors (Lipinski definition) is 0. The van der Waals surface area contributed by atoms with E-state index in [-0.39, 0.29) is 0 Å². The number of likely N-dealkylation sites (N-methyl/N-ethyl adjacent to an activating group) is 1. The summed E-state index contributed by atoms with van der Waals surface area (Å²) < 4.78 is 2.49. The SMILES string of the molecule is CN1CCn2c(-c3ccsc3)ccc2C1c1ccccc1. The van der Waals surface area contributed by atoms with E-state index in [1.54, 1.807) is 11.3 Å². The Labute approximate surface area is 129 Å². The molecule has 0 bridgehead atoms. The van der Waals surface area contributed by atoms with E-state index in [2.05, 4.69) is 75.8 Å². The summed E-state index contributed by atoms with van der Waals surface area (Å²) in [7, 11) is 2.22. The normalized spacial score (nSPS) is 18.6. The minimum Gasteiger partial charge on any atom is -0.341 e. The van der Waals surface area contributed by atoms with Crippen LogP contribution < -0.4 is 0 Å². The van der Waals surface area contributed by atoms with Crippen molar-refractivity contribution in [3.8, 4) is 11.3 Å². The number of fused-ring (bicyclic) bond motifs is 1. The van der Waals surface area contributed by atoms with Crippen molar-refractivity contribution in [3.05, 3.63) is 70.5 Å². The predicted octanol–water partition coefficient (Wildman–Crippen LogP) is 4.25. The Morgan fingerprint density at radius 3 is 2.62 bits per heavy atom. The molecule has 0 radical (unpaired) electrons. The van der Waals surface area contributed by atoms with Crippen molar-refractivity contribution in [1.29, 1.82) is 0 Å². The van der Waals surface area contributed by atoms with Crippen LogP contribution in [0.5, 0.6) is 0 Å². The lowest BCUT2D eigenvalue weighted by atomic mass is 10.0. The lowest BCUT2D eigenvalue weighted by Gasteiger charge is -2.35. The van der Waals surface area contributed by atoms with E-state index in [1.807, 2.05) is 0 Å². The maximum absolute atomic E-state index is 2.49. The molecule has 0 saturated heterocycles. The van der Waals surface area contributed by atoms with Gasteiger partial charge in [0.25, 0.3) is 0 Å². The van der Waals surface area contributed by atoms with E-state index >= 15 is 0 Å². The van der Waals surface area contributed by atoms with Crippen LogP contribution >= 0.6 is 11.3 Å². The van der Waals surface area contributed by atoms with Gasteiger partial charge in [0.1, 0.15) is 0 Å². The summed E-state index contributed by atoms with van der Waals surface area (Å²) in [5.74, 6) is 0. The second-order valence-corrected chi connectivity index (χ2v) is 6.38. The third-order valence-electron chi connectivity index (χ3n) is 4.34. The van der Waals surface area contributed by atoms with Crippen molar-refractivity contribution < 1.29 is 0 Å². The Kier molecular flexibility index (Phi) is 3.17. The van der Waals surface area contributed by atoms with Crippen molar-refractivity contribution in [2.75, 3.05) is 13.6 Å². The van der Waals surface area contributed by atoms with Crippen LogP contribution in [0.2, 0.25) is 0 Å². The summed E-state index contributed by atoms with van der Waals surface area (Å²) in [5, 5.41) is 4.39. The van der Waals surface area contributed by atoms with Gasteiger partial charge in [-0.25, -0.2) is 0 Å². The van der Waals surface area contributed by atoms with Gasteiger partial charge in [-0.1, -0.05) is 30.3 Å². The molecule has 106 valence electrons. The predicted molar refractivity (Wildman–Crippen MR) is 88.7 cm³/mol. The number of benzene rings is 1. The molecular formula is C18H18N2S. The van der Waals surface area contributed by atoms with Gasteiger partial charge in [0, 0.05) is 35.4 Å². The average molecular weight is 294 g/mol. The molecule has 3 heteroatoms. The molecule has 21 heavy (non-hydrogen) atoms. The third-order valence-corrected chi connectivity index (χ3v) is 5.03. The first-order valence-electron chi connectivity index (χ1n) is 7.32. The first kappa shape index (κ1) is 12.9. The van der Waals surface area contributed by atoms with Crippen molar-refractivity contribution in [1.82, 2.24) is 9.47 Å². The van der Waals surface area contributed by atoms with Crippen LogP contribution in [-0.4, -0.2) is 23.1 Å². The topological polar surface area (TPSA) is 8.17 Å². The molecule has 2 nitrogen and oxygen atoms in total. The molecule has 3 heterocycles. The van der Waals surface area contributed by atoms with Crippen LogP contribution in [0, 0.1) is 0 Å². The molecule has 2 aromatic heterocycles. The molecule has 1 unspecified atom stereocenters. The molecule has 3 aromatic rings. The molecule has 0 N–H and O–H groups in total. The standard InChI is InChI=1S/C18H18N2S/c1-19-10-11-20-16(15-9-12-21-13-15)7-8-17(20)18(19)14-5-3-2-4-6-14/h2-9,12-13,18H,10-11H2,1H3. The molecule has 4 rings (SSSR count). The fourth-order valence-electron chi connectivity index (χ4n) is 3.31. The molecule has 1 aliphatic rings. The van der Waals surface area contributed by atoms with Crippen LogP contribution in [0.1, 0.15) is 17.3 Å². The number of hydrogen-bond acceptors (Lipinski definition) is 2. The first-order chi connectivity index (χ1) is 10.3. The van der Waals surface area contributed by atoms with E-state index < -0.39 is 0 Å². The maximum atomic E-state index is 2.49. The fraction of sp³-hybridized carbons (Fsp3) is 0.222. The zero-order chi connectivity index (χ0) is 14.2. The quantitative estimate of drug-likeness (QED) is 0.686. The highest BCUT2D eigenvalue weighted by Gasteiger charge is 2.27. The number of aromatic nitrogens is 1. The summed E-state index contributed by atoms with van der Waals surface area (Å²) in [5.41, 5.74) is 5.45. The highest BCUT2D eigenvalue weighted by Crippen LogP contribution is 2.35. The summed E-state index contributed by atoms with van der Waals surface area (Å²) in [6.45, 7) is 2.14. The van der Waals surface area contributed by atoms with Crippen molar-refractivity contribution in [2.24, 2.45) is 0 Å². The maximum Gasteiger partial charge on any atom is 0.0754 e. The highest BCUT2D eigenvalue weighted by atomic mass is 32.1. The summed E-state index contributed by atoms with van der Waals surface area (Å²) in [6, 6.07) is 17.9. The van der Waals surface area contributed by atoms with Gasteiger partial charge in [0.05, 0.1) is 6.04 Å². The van der Waals surface area contributed by atoms with Gasteiger partial charge in [-0.15, -0.1) is 0 Å². The van der Waals surface area contributed by atoms with Gasteiger partial charge in [0.15, 0.2) is 0 Å². The first-order valence-corrected chi connectivity index (χ1v) is 8.26. The summed E-state index contributed by atoms with van der Waals surface area (Å²) >= 11 is 1.76. The summed E-state index contributed by atoms with van der Waals surface area (Å²) in [6.07, 6.45) is 0. The highest BCUT2D eigenvalue weighted by molar-refractivity contribution is 7.08. The van der Waals surface area contributed by atoms with Gasteiger partial charge in [-0.05, 0) is 36.2 Å². The number of thiophene rings is 1. The molecule has 0 aliphatic carbocycles. The molecule has 0 amide bonds. The molecule has 0 saturated carbocycles. The fourth-order valence-corrected chi connectivity index (χ4v) is 3.96. The monoisotopic (exact) mass is 294 g/mol. The lowest BCUT2D eigenvalue weighted by Crippen LogP contribution is -2.35. The third kappa shape index (κ3) is 2.13. The Bertz CT molecular complexity index is 728. The van der Waals surface area contributed by atoms with Gasteiger partial charge >= 0.3 is 0 Å². The van der Waals surface area contributed by atoms with Crippen LogP contribution in [0.4, 0.5) is 0 Å². The molecule has 1 aromatic carbocycles. The minimum atomic E-state index is 0.354. The molecule has 0 fully saturated rings. The average Bonchev–Trinajstić information content (AvgIpc) is 3.16. The molecule has 1 atom stereocenters. The minimum absolute atomic E-state index is 0.354.